The third-order valence-corrected chi connectivity index (χ3v) is 4.25. The maximum absolute atomic E-state index is 12.2. The average Bonchev–Trinajstić information content (AvgIpc) is 2.62. The van der Waals surface area contributed by atoms with Crippen molar-refractivity contribution in [2.75, 3.05) is 17.7 Å². The number of carbonyl (C=O) groups is 2. The van der Waals surface area contributed by atoms with Crippen molar-refractivity contribution in [3.05, 3.63) is 52.5 Å². The minimum absolute atomic E-state index is 0.106. The maximum atomic E-state index is 12.2. The number of ether oxygens (including phenoxy) is 1. The Morgan fingerprint density at radius 1 is 1.11 bits per heavy atom. The first-order valence-corrected chi connectivity index (χ1v) is 9.37. The van der Waals surface area contributed by atoms with Gasteiger partial charge in [-0.1, -0.05) is 35.8 Å². The van der Waals surface area contributed by atoms with E-state index in [4.69, 9.17) is 17.0 Å². The van der Waals surface area contributed by atoms with E-state index in [9.17, 15) is 9.59 Å². The van der Waals surface area contributed by atoms with E-state index in [1.165, 1.54) is 7.11 Å². The Kier molecular flexibility index (Phi) is 7.32. The number of carbonyl (C=O) groups excluding carboxylic acids is 2. The van der Waals surface area contributed by atoms with Crippen molar-refractivity contribution < 1.29 is 14.3 Å². The van der Waals surface area contributed by atoms with E-state index < -0.39 is 0 Å². The van der Waals surface area contributed by atoms with Gasteiger partial charge in [0.25, 0.3) is 5.91 Å². The Labute approximate surface area is 171 Å². The van der Waals surface area contributed by atoms with Crippen LogP contribution in [0.25, 0.3) is 0 Å². The summed E-state index contributed by atoms with van der Waals surface area (Å²) >= 11 is 8.52. The molecule has 2 aromatic carbocycles. The second-order valence-electron chi connectivity index (χ2n) is 5.98. The van der Waals surface area contributed by atoms with Gasteiger partial charge in [0.1, 0.15) is 5.75 Å². The van der Waals surface area contributed by atoms with E-state index in [-0.39, 0.29) is 22.8 Å². The number of nitrogens with one attached hydrogen (secondary N) is 3. The third kappa shape index (κ3) is 6.04. The van der Waals surface area contributed by atoms with Gasteiger partial charge in [0.15, 0.2) is 5.11 Å². The maximum Gasteiger partial charge on any atom is 0.257 e. The fraction of sp³-hybridized carbons (Fsp3) is 0.211. The van der Waals surface area contributed by atoms with E-state index in [0.717, 1.165) is 4.47 Å². The molecule has 0 spiro atoms. The first kappa shape index (κ1) is 20.9. The largest absolute Gasteiger partial charge is 0.494 e. The van der Waals surface area contributed by atoms with Gasteiger partial charge in [0.2, 0.25) is 5.91 Å². The second-order valence-corrected chi connectivity index (χ2v) is 7.30. The summed E-state index contributed by atoms with van der Waals surface area (Å²) < 4.78 is 6.12. The van der Waals surface area contributed by atoms with Crippen molar-refractivity contribution in [2.24, 2.45) is 5.92 Å². The second kappa shape index (κ2) is 9.48. The van der Waals surface area contributed by atoms with Crippen molar-refractivity contribution in [2.45, 2.75) is 13.8 Å². The van der Waals surface area contributed by atoms with Crippen molar-refractivity contribution in [3.63, 3.8) is 0 Å². The van der Waals surface area contributed by atoms with Crippen molar-refractivity contribution >= 4 is 56.4 Å². The zero-order valence-corrected chi connectivity index (χ0v) is 17.5. The Morgan fingerprint density at radius 3 is 2.48 bits per heavy atom. The summed E-state index contributed by atoms with van der Waals surface area (Å²) in [6, 6.07) is 12.1. The normalized spacial score (nSPS) is 10.3. The van der Waals surface area contributed by atoms with Crippen LogP contribution in [0.5, 0.6) is 5.75 Å². The molecule has 0 aliphatic carbocycles. The van der Waals surface area contributed by atoms with Gasteiger partial charge < -0.3 is 15.4 Å². The zero-order chi connectivity index (χ0) is 20.0. The van der Waals surface area contributed by atoms with Crippen molar-refractivity contribution in [3.8, 4) is 5.75 Å². The molecule has 3 N–H and O–H groups in total. The molecule has 0 heterocycles. The number of benzene rings is 2. The van der Waals surface area contributed by atoms with Crippen LogP contribution >= 0.6 is 28.1 Å². The molecule has 0 saturated carbocycles. The van der Waals surface area contributed by atoms with Gasteiger partial charge in [0, 0.05) is 27.7 Å². The number of anilines is 2. The fourth-order valence-corrected chi connectivity index (χ4v) is 2.73. The van der Waals surface area contributed by atoms with E-state index in [1.807, 2.05) is 19.9 Å². The molecule has 2 aromatic rings. The molecule has 0 aliphatic rings. The number of hydrogen-bond acceptors (Lipinski definition) is 4. The Bertz CT molecular complexity index is 871. The number of rotatable bonds is 5. The van der Waals surface area contributed by atoms with Gasteiger partial charge in [-0.15, -0.1) is 0 Å². The smallest absolute Gasteiger partial charge is 0.257 e. The minimum Gasteiger partial charge on any atom is -0.494 e. The van der Waals surface area contributed by atoms with E-state index in [2.05, 4.69) is 31.9 Å². The molecule has 0 bridgehead atoms. The summed E-state index contributed by atoms with van der Waals surface area (Å²) in [4.78, 5) is 24.1. The van der Waals surface area contributed by atoms with Gasteiger partial charge >= 0.3 is 0 Å². The van der Waals surface area contributed by atoms with Crippen LogP contribution < -0.4 is 20.7 Å². The van der Waals surface area contributed by atoms with Crippen LogP contribution in [-0.2, 0) is 4.79 Å². The monoisotopic (exact) mass is 449 g/mol. The molecule has 6 nitrogen and oxygen atoms in total. The highest BCUT2D eigenvalue weighted by Crippen LogP contribution is 2.28. The van der Waals surface area contributed by atoms with Gasteiger partial charge in [-0.25, -0.2) is 0 Å². The van der Waals surface area contributed by atoms with Crippen molar-refractivity contribution in [1.29, 1.82) is 0 Å². The first-order valence-electron chi connectivity index (χ1n) is 8.17. The lowest BCUT2D eigenvalue weighted by Crippen LogP contribution is -2.34. The van der Waals surface area contributed by atoms with Gasteiger partial charge in [-0.3, -0.25) is 14.9 Å². The molecule has 2 amide bonds. The summed E-state index contributed by atoms with van der Waals surface area (Å²) in [5.41, 5.74) is 1.66. The molecule has 2 rings (SSSR count). The highest BCUT2D eigenvalue weighted by molar-refractivity contribution is 9.10. The lowest BCUT2D eigenvalue weighted by Gasteiger charge is -2.15. The first-order chi connectivity index (χ1) is 12.8. The van der Waals surface area contributed by atoms with Crippen molar-refractivity contribution in [1.82, 2.24) is 5.32 Å². The molecule has 0 aromatic heterocycles. The van der Waals surface area contributed by atoms with E-state index in [0.29, 0.717) is 22.7 Å². The molecule has 27 heavy (non-hydrogen) atoms. The molecule has 0 aliphatic heterocycles. The lowest BCUT2D eigenvalue weighted by molar-refractivity contribution is -0.118. The molecular weight excluding hydrogens is 430 g/mol. The molecule has 0 saturated heterocycles. The third-order valence-electron chi connectivity index (χ3n) is 3.56. The fourth-order valence-electron chi connectivity index (χ4n) is 2.12. The standard InChI is InChI=1S/C19H20BrN3O3S/c1-11(2)17(24)22-15-8-7-14(10-16(15)26-3)21-19(27)23-18(25)12-5-4-6-13(20)9-12/h4-11H,1-3H3,(H,22,24)(H2,21,23,25,27). The summed E-state index contributed by atoms with van der Waals surface area (Å²) in [5.74, 6) is -0.0872. The number of hydrogen-bond donors (Lipinski definition) is 3. The van der Waals surface area contributed by atoms with Crippen LogP contribution in [-0.4, -0.2) is 24.0 Å². The topological polar surface area (TPSA) is 79.5 Å². The van der Waals surface area contributed by atoms with E-state index >= 15 is 0 Å². The van der Waals surface area contributed by atoms with Crippen LogP contribution in [0, 0.1) is 5.92 Å². The lowest BCUT2D eigenvalue weighted by atomic mass is 10.2. The highest BCUT2D eigenvalue weighted by atomic mass is 79.9. The van der Waals surface area contributed by atoms with E-state index in [1.54, 1.807) is 36.4 Å². The Morgan fingerprint density at radius 2 is 1.85 bits per heavy atom. The molecule has 8 heteroatoms. The number of halogens is 1. The van der Waals surface area contributed by atoms with Crippen LogP contribution in [0.2, 0.25) is 0 Å². The summed E-state index contributed by atoms with van der Waals surface area (Å²) in [5, 5.41) is 8.51. The molecule has 0 fully saturated rings. The van der Waals surface area contributed by atoms with Crippen LogP contribution in [0.4, 0.5) is 11.4 Å². The van der Waals surface area contributed by atoms with Gasteiger partial charge in [-0.2, -0.15) is 0 Å². The minimum atomic E-state index is -0.318. The highest BCUT2D eigenvalue weighted by Gasteiger charge is 2.13. The predicted octanol–water partition coefficient (Wildman–Crippen LogP) is 4.18. The summed E-state index contributed by atoms with van der Waals surface area (Å²) in [6.07, 6.45) is 0. The van der Waals surface area contributed by atoms with Gasteiger partial charge in [-0.05, 0) is 42.5 Å². The molecule has 142 valence electrons. The average molecular weight is 450 g/mol. The van der Waals surface area contributed by atoms with Crippen LogP contribution in [0.1, 0.15) is 24.2 Å². The molecule has 0 atom stereocenters. The summed E-state index contributed by atoms with van der Waals surface area (Å²) in [7, 11) is 1.51. The number of amides is 2. The quantitative estimate of drug-likeness (QED) is 0.596. The molecular formula is C19H20BrN3O3S. The molecule has 0 radical (unpaired) electrons. The zero-order valence-electron chi connectivity index (χ0n) is 15.1. The van der Waals surface area contributed by atoms with Gasteiger partial charge in [0.05, 0.1) is 12.8 Å². The number of methoxy groups -OCH3 is 1. The number of thiocarbonyl (C=S) groups is 1. The Hall–Kier alpha value is -2.45. The molecule has 0 unspecified atom stereocenters. The van der Waals surface area contributed by atoms with Crippen LogP contribution in [0.3, 0.4) is 0 Å². The van der Waals surface area contributed by atoms with Crippen LogP contribution in [0.15, 0.2) is 46.9 Å². The predicted molar refractivity (Wildman–Crippen MR) is 114 cm³/mol. The Balaban J connectivity index is 2.05. The summed E-state index contributed by atoms with van der Waals surface area (Å²) in [6.45, 7) is 3.62. The SMILES string of the molecule is COc1cc(NC(=S)NC(=O)c2cccc(Br)c2)ccc1NC(=O)C(C)C.